The largest absolute Gasteiger partial charge is 0.490 e. The van der Waals surface area contributed by atoms with Crippen LogP contribution in [0.3, 0.4) is 0 Å². The number of nitrogens with one attached hydrogen (secondary N) is 1. The third-order valence-corrected chi connectivity index (χ3v) is 3.27. The number of hydrogen-bond donors (Lipinski definition) is 2. The van der Waals surface area contributed by atoms with Crippen molar-refractivity contribution in [2.75, 3.05) is 0 Å². The number of rotatable bonds is 2. The molecule has 0 saturated carbocycles. The molecule has 0 amide bonds. The summed E-state index contributed by atoms with van der Waals surface area (Å²) in [6.07, 6.45) is 0.399. The first-order valence-electron chi connectivity index (χ1n) is 7.10. The number of hydrogen-bond acceptors (Lipinski definition) is 3. The van der Waals surface area contributed by atoms with E-state index in [4.69, 9.17) is 9.90 Å². The maximum absolute atomic E-state index is 10.6. The number of carboxylic acid groups (broad SMARTS) is 1. The molecular formula is C17H14F3N3O2. The quantitative estimate of drug-likeness (QED) is 0.731. The number of aliphatic carboxylic acids is 1. The molecule has 0 aliphatic rings. The fourth-order valence-electron chi connectivity index (χ4n) is 2.04. The predicted molar refractivity (Wildman–Crippen MR) is 85.7 cm³/mol. The number of aryl methyl sites for hydroxylation is 1. The van der Waals surface area contributed by atoms with E-state index < -0.39 is 12.1 Å². The van der Waals surface area contributed by atoms with Gasteiger partial charge < -0.3 is 5.11 Å². The molecule has 130 valence electrons. The number of aromatic amines is 1. The summed E-state index contributed by atoms with van der Waals surface area (Å²) in [7, 11) is 0. The lowest BCUT2D eigenvalue weighted by molar-refractivity contribution is -0.192. The lowest BCUT2D eigenvalue weighted by atomic mass is 10.00. The second-order valence-corrected chi connectivity index (χ2v) is 5.04. The fourth-order valence-corrected chi connectivity index (χ4v) is 2.04. The minimum Gasteiger partial charge on any atom is -0.475 e. The molecule has 2 heterocycles. The Morgan fingerprint density at radius 2 is 1.80 bits per heavy atom. The van der Waals surface area contributed by atoms with Crippen molar-refractivity contribution in [2.24, 2.45) is 0 Å². The van der Waals surface area contributed by atoms with E-state index in [-0.39, 0.29) is 0 Å². The minimum atomic E-state index is -5.08. The van der Waals surface area contributed by atoms with Crippen molar-refractivity contribution in [1.82, 2.24) is 15.2 Å². The molecule has 8 heteroatoms. The second-order valence-electron chi connectivity index (χ2n) is 5.04. The number of carbonyl (C=O) groups is 1. The van der Waals surface area contributed by atoms with E-state index in [1.807, 2.05) is 24.5 Å². The van der Waals surface area contributed by atoms with Gasteiger partial charge in [0.25, 0.3) is 0 Å². The molecule has 0 spiro atoms. The molecule has 0 fully saturated rings. The maximum atomic E-state index is 10.6. The first-order valence-corrected chi connectivity index (χ1v) is 7.10. The van der Waals surface area contributed by atoms with Crippen molar-refractivity contribution in [3.63, 3.8) is 0 Å². The van der Waals surface area contributed by atoms with Gasteiger partial charge in [-0.05, 0) is 36.2 Å². The Bertz CT molecular complexity index is 846. The normalized spacial score (nSPS) is 10.7. The number of H-pyrrole nitrogens is 1. The zero-order chi connectivity index (χ0) is 18.4. The number of aromatic nitrogens is 3. The third-order valence-electron chi connectivity index (χ3n) is 3.27. The summed E-state index contributed by atoms with van der Waals surface area (Å²) < 4.78 is 31.7. The molecule has 3 aromatic rings. The Morgan fingerprint density at radius 3 is 2.36 bits per heavy atom. The van der Waals surface area contributed by atoms with Gasteiger partial charge in [-0.2, -0.15) is 18.3 Å². The van der Waals surface area contributed by atoms with Gasteiger partial charge in [0, 0.05) is 29.7 Å². The Hall–Kier alpha value is -3.16. The summed E-state index contributed by atoms with van der Waals surface area (Å²) in [4.78, 5) is 13.1. The molecule has 0 unspecified atom stereocenters. The smallest absolute Gasteiger partial charge is 0.475 e. The van der Waals surface area contributed by atoms with Crippen LogP contribution in [0.1, 0.15) is 5.56 Å². The minimum absolute atomic E-state index is 1.03. The van der Waals surface area contributed by atoms with Crippen LogP contribution in [0.25, 0.3) is 22.4 Å². The molecule has 2 N–H and O–H groups in total. The van der Waals surface area contributed by atoms with Crippen LogP contribution in [0.4, 0.5) is 13.2 Å². The highest BCUT2D eigenvalue weighted by atomic mass is 19.4. The van der Waals surface area contributed by atoms with Crippen LogP contribution in [-0.2, 0) is 4.79 Å². The lowest BCUT2D eigenvalue weighted by Crippen LogP contribution is -2.21. The molecule has 1 aromatic carbocycles. The second kappa shape index (κ2) is 7.61. The highest BCUT2D eigenvalue weighted by Gasteiger charge is 2.38. The summed E-state index contributed by atoms with van der Waals surface area (Å²) in [6.45, 7) is 2.10. The molecule has 3 rings (SSSR count). The summed E-state index contributed by atoms with van der Waals surface area (Å²) in [6, 6.07) is 12.4. The van der Waals surface area contributed by atoms with Crippen molar-refractivity contribution >= 4 is 5.97 Å². The first-order chi connectivity index (χ1) is 11.8. The zero-order valence-corrected chi connectivity index (χ0v) is 13.1. The van der Waals surface area contributed by atoms with Gasteiger partial charge in [0.1, 0.15) is 0 Å². The van der Waals surface area contributed by atoms with E-state index in [0.29, 0.717) is 0 Å². The molecule has 0 bridgehead atoms. The SMILES string of the molecule is Cc1ccncc1-c1cccc(-c2ccn[nH]2)c1.O=C(O)C(F)(F)F. The number of pyridine rings is 1. The molecular weight excluding hydrogens is 335 g/mol. The van der Waals surface area contributed by atoms with Crippen LogP contribution >= 0.6 is 0 Å². The van der Waals surface area contributed by atoms with Crippen LogP contribution in [-0.4, -0.2) is 32.4 Å². The highest BCUT2D eigenvalue weighted by Crippen LogP contribution is 2.26. The van der Waals surface area contributed by atoms with Gasteiger partial charge in [0.05, 0.1) is 5.69 Å². The van der Waals surface area contributed by atoms with Crippen LogP contribution in [0.15, 0.2) is 55.0 Å². The van der Waals surface area contributed by atoms with E-state index in [1.165, 1.54) is 16.7 Å². The molecule has 0 aliphatic heterocycles. The van der Waals surface area contributed by atoms with Crippen LogP contribution in [0, 0.1) is 6.92 Å². The van der Waals surface area contributed by atoms with Crippen molar-refractivity contribution < 1.29 is 23.1 Å². The summed E-state index contributed by atoms with van der Waals surface area (Å²) >= 11 is 0. The van der Waals surface area contributed by atoms with Gasteiger partial charge in [-0.1, -0.05) is 18.2 Å². The molecule has 5 nitrogen and oxygen atoms in total. The van der Waals surface area contributed by atoms with E-state index in [9.17, 15) is 13.2 Å². The Labute approximate surface area is 141 Å². The third kappa shape index (κ3) is 4.90. The van der Waals surface area contributed by atoms with Gasteiger partial charge in [-0.3, -0.25) is 10.1 Å². The van der Waals surface area contributed by atoms with Crippen LogP contribution < -0.4 is 0 Å². The Balaban J connectivity index is 0.000000277. The van der Waals surface area contributed by atoms with Gasteiger partial charge >= 0.3 is 12.1 Å². The van der Waals surface area contributed by atoms with E-state index in [1.54, 1.807) is 6.20 Å². The van der Waals surface area contributed by atoms with Crippen molar-refractivity contribution in [1.29, 1.82) is 0 Å². The van der Waals surface area contributed by atoms with Gasteiger partial charge in [0.15, 0.2) is 0 Å². The van der Waals surface area contributed by atoms with Crippen LogP contribution in [0.5, 0.6) is 0 Å². The number of alkyl halides is 3. The fraction of sp³-hybridized carbons (Fsp3) is 0.118. The van der Waals surface area contributed by atoms with E-state index >= 15 is 0 Å². The van der Waals surface area contributed by atoms with Gasteiger partial charge in [0.2, 0.25) is 0 Å². The zero-order valence-electron chi connectivity index (χ0n) is 13.1. The monoisotopic (exact) mass is 349 g/mol. The molecule has 2 aromatic heterocycles. The first kappa shape index (κ1) is 18.2. The topological polar surface area (TPSA) is 78.9 Å². The van der Waals surface area contributed by atoms with Gasteiger partial charge in [-0.25, -0.2) is 4.79 Å². The number of nitrogens with zero attached hydrogens (tertiary/aromatic N) is 2. The van der Waals surface area contributed by atoms with E-state index in [0.717, 1.165) is 11.3 Å². The number of carboxylic acids is 1. The van der Waals surface area contributed by atoms with Crippen molar-refractivity contribution in [2.45, 2.75) is 13.1 Å². The molecule has 25 heavy (non-hydrogen) atoms. The summed E-state index contributed by atoms with van der Waals surface area (Å²) in [5, 5.41) is 14.1. The summed E-state index contributed by atoms with van der Waals surface area (Å²) in [5.41, 5.74) is 5.73. The maximum Gasteiger partial charge on any atom is 0.490 e. The van der Waals surface area contributed by atoms with E-state index in [2.05, 4.69) is 46.4 Å². The van der Waals surface area contributed by atoms with Gasteiger partial charge in [-0.15, -0.1) is 0 Å². The molecule has 0 saturated heterocycles. The number of halogens is 3. The standard InChI is InChI=1S/C15H13N3.C2HF3O2/c1-11-5-7-16-10-14(11)12-3-2-4-13(9-12)15-6-8-17-18-15;3-2(4,5)1(6)7/h2-10H,1H3,(H,17,18);(H,6,7). The summed E-state index contributed by atoms with van der Waals surface area (Å²) in [5.74, 6) is -2.76. The lowest BCUT2D eigenvalue weighted by Gasteiger charge is -2.06. The van der Waals surface area contributed by atoms with Crippen LogP contribution in [0.2, 0.25) is 0 Å². The highest BCUT2D eigenvalue weighted by molar-refractivity contribution is 5.73. The average Bonchev–Trinajstić information content (AvgIpc) is 3.10. The molecule has 0 atom stereocenters. The predicted octanol–water partition coefficient (Wildman–Crippen LogP) is 4.08. The van der Waals surface area contributed by atoms with Crippen molar-refractivity contribution in [3.05, 3.63) is 60.6 Å². The number of benzene rings is 1. The molecule has 0 radical (unpaired) electrons. The Morgan fingerprint density at radius 1 is 1.12 bits per heavy atom. The average molecular weight is 349 g/mol. The molecule has 0 aliphatic carbocycles. The van der Waals surface area contributed by atoms with Crippen molar-refractivity contribution in [3.8, 4) is 22.4 Å². The Kier molecular flexibility index (Phi) is 5.53.